The lowest BCUT2D eigenvalue weighted by molar-refractivity contribution is 0.0593. The van der Waals surface area contributed by atoms with Crippen LogP contribution in [0.4, 0.5) is 17.1 Å². The van der Waals surface area contributed by atoms with E-state index >= 15 is 0 Å². The average Bonchev–Trinajstić information content (AvgIpc) is 3.21. The van der Waals surface area contributed by atoms with Gasteiger partial charge in [-0.15, -0.1) is 0 Å². The number of aromatic carboxylic acids is 1. The first kappa shape index (κ1) is 36.4. The van der Waals surface area contributed by atoms with Gasteiger partial charge in [0.25, 0.3) is 0 Å². The van der Waals surface area contributed by atoms with E-state index < -0.39 is 11.9 Å². The molecule has 3 heterocycles. The fourth-order valence-electron chi connectivity index (χ4n) is 7.18. The third-order valence-electron chi connectivity index (χ3n) is 10.0. The average molecular weight is 758 g/mol. The van der Waals surface area contributed by atoms with Crippen molar-refractivity contribution in [3.05, 3.63) is 147 Å². The fraction of sp³-hybridized carbons (Fsp3) is 0.111. The van der Waals surface area contributed by atoms with Crippen molar-refractivity contribution in [2.24, 2.45) is 0 Å². The number of para-hydroxylation sites is 2. The van der Waals surface area contributed by atoms with Crippen LogP contribution >= 0.6 is 0 Å². The lowest BCUT2D eigenvalue weighted by atomic mass is 9.87. The molecule has 0 fully saturated rings. The van der Waals surface area contributed by atoms with Crippen molar-refractivity contribution < 1.29 is 28.6 Å². The van der Waals surface area contributed by atoms with Gasteiger partial charge >= 0.3 is 11.9 Å². The number of ether oxygens (including phenoxy) is 1. The smallest absolute Gasteiger partial charge is 0.356 e. The number of aromatic nitrogens is 2. The summed E-state index contributed by atoms with van der Waals surface area (Å²) in [5.41, 5.74) is 13.2. The number of carbonyl (C=O) groups is 3. The van der Waals surface area contributed by atoms with Gasteiger partial charge in [-0.3, -0.25) is 9.59 Å². The number of benzene rings is 5. The fourth-order valence-corrected chi connectivity index (χ4v) is 7.18. The number of methoxy groups -OCH3 is 1. The van der Waals surface area contributed by atoms with E-state index in [-0.39, 0.29) is 46.9 Å². The number of rotatable bonds is 10. The third kappa shape index (κ3) is 6.63. The molecule has 0 unspecified atom stereocenters. The zero-order valence-electron chi connectivity index (χ0n) is 31.1. The highest BCUT2D eigenvalue weighted by molar-refractivity contribution is 6.09. The molecule has 1 aliphatic carbocycles. The summed E-state index contributed by atoms with van der Waals surface area (Å²) in [4.78, 5) is 60.3. The van der Waals surface area contributed by atoms with Crippen molar-refractivity contribution in [2.75, 3.05) is 23.5 Å². The number of pyridine rings is 2. The van der Waals surface area contributed by atoms with E-state index in [1.807, 2.05) is 49.4 Å². The maximum Gasteiger partial charge on any atom is 0.356 e. The second-order valence-electron chi connectivity index (χ2n) is 13.7. The van der Waals surface area contributed by atoms with Crippen LogP contribution in [-0.2, 0) is 17.8 Å². The molecule has 6 aromatic rings. The second-order valence-corrected chi connectivity index (χ2v) is 13.7. The first-order valence-electron chi connectivity index (χ1n) is 18.0. The number of aryl methyl sites for hydroxylation is 1. The number of carbonyl (C=O) groups excluding carboxylic acids is 2. The van der Waals surface area contributed by atoms with Crippen LogP contribution in [0.1, 0.15) is 54.9 Å². The number of ketones is 1. The minimum Gasteiger partial charge on any atom is -0.478 e. The highest BCUT2D eigenvalue weighted by Crippen LogP contribution is 2.45. The minimum absolute atomic E-state index is 0.0104. The van der Waals surface area contributed by atoms with Crippen LogP contribution in [0.15, 0.2) is 112 Å². The number of nitrogen functional groups attached to an aromatic ring is 1. The number of anilines is 3. The summed E-state index contributed by atoms with van der Waals surface area (Å²) in [6.45, 7) is 3.48. The number of carboxylic acids is 1. The van der Waals surface area contributed by atoms with Gasteiger partial charge in [0.05, 0.1) is 40.6 Å². The molecule has 282 valence electrons. The van der Waals surface area contributed by atoms with E-state index in [2.05, 4.69) is 20.6 Å². The van der Waals surface area contributed by atoms with Gasteiger partial charge in [-0.1, -0.05) is 54.1 Å². The summed E-state index contributed by atoms with van der Waals surface area (Å²) in [5, 5.41) is 19.3. The molecule has 12 nitrogen and oxygen atoms in total. The zero-order chi connectivity index (χ0) is 40.0. The molecule has 1 aliphatic heterocycles. The Bertz CT molecular complexity index is 2990. The van der Waals surface area contributed by atoms with Crippen molar-refractivity contribution in [2.45, 2.75) is 26.9 Å². The molecule has 4 aromatic carbocycles. The molecule has 12 heteroatoms. The monoisotopic (exact) mass is 757 g/mol. The summed E-state index contributed by atoms with van der Waals surface area (Å²) in [5.74, 6) is -1.62. The van der Waals surface area contributed by atoms with E-state index in [1.165, 1.54) is 20.1 Å². The summed E-state index contributed by atoms with van der Waals surface area (Å²) in [6.07, 6.45) is 0. The molecule has 0 bridgehead atoms. The minimum atomic E-state index is -1.12. The van der Waals surface area contributed by atoms with Crippen LogP contribution < -0.4 is 21.8 Å². The molecule has 8 rings (SSSR count). The number of hydrogen-bond acceptors (Lipinski definition) is 11. The molecular formula is C45H35N5O7. The second kappa shape index (κ2) is 14.6. The molecule has 0 atom stereocenters. The SMILES string of the molecule is COC(=O)c1ccc2cccc(NCc3c4oc5c(CNc6cccc7ccc(C(C)=O)nc67)c(N)ccc5c(-c5cc(C)ccc5C(=O)O)c-4ccc3=O)c2n1. The van der Waals surface area contributed by atoms with Crippen LogP contribution in [0.25, 0.3) is 55.2 Å². The van der Waals surface area contributed by atoms with Crippen LogP contribution in [-0.4, -0.2) is 39.9 Å². The van der Waals surface area contributed by atoms with Crippen LogP contribution in [0.2, 0.25) is 0 Å². The van der Waals surface area contributed by atoms with Crippen molar-refractivity contribution in [3.63, 3.8) is 0 Å². The summed E-state index contributed by atoms with van der Waals surface area (Å²) in [7, 11) is 1.29. The molecule has 5 N–H and O–H groups in total. The van der Waals surface area contributed by atoms with Crippen LogP contribution in [0.5, 0.6) is 0 Å². The number of hydrogen-bond donors (Lipinski definition) is 4. The number of fused-ring (bicyclic) bond motifs is 4. The maximum atomic E-state index is 13.8. The van der Waals surface area contributed by atoms with Gasteiger partial charge in [-0.2, -0.15) is 0 Å². The van der Waals surface area contributed by atoms with Gasteiger partial charge in [-0.25, -0.2) is 19.6 Å². The normalized spacial score (nSPS) is 11.3. The Balaban J connectivity index is 1.32. The third-order valence-corrected chi connectivity index (χ3v) is 10.0. The lowest BCUT2D eigenvalue weighted by Gasteiger charge is -2.22. The highest BCUT2D eigenvalue weighted by atomic mass is 16.5. The molecule has 0 amide bonds. The Kier molecular flexibility index (Phi) is 9.30. The summed E-state index contributed by atoms with van der Waals surface area (Å²) < 4.78 is 11.7. The van der Waals surface area contributed by atoms with Crippen molar-refractivity contribution in [1.29, 1.82) is 0 Å². The van der Waals surface area contributed by atoms with E-state index in [4.69, 9.17) is 14.9 Å². The number of esters is 1. The number of nitrogens with one attached hydrogen (secondary N) is 2. The van der Waals surface area contributed by atoms with Gasteiger partial charge in [0.2, 0.25) is 0 Å². The molecule has 57 heavy (non-hydrogen) atoms. The van der Waals surface area contributed by atoms with Gasteiger partial charge in [0.15, 0.2) is 11.2 Å². The van der Waals surface area contributed by atoms with Gasteiger partial charge in [-0.05, 0) is 67.1 Å². The van der Waals surface area contributed by atoms with Gasteiger partial charge < -0.3 is 30.6 Å². The molecule has 2 aliphatic rings. The number of nitrogens with zero attached hydrogens (tertiary/aromatic N) is 2. The topological polar surface area (TPSA) is 187 Å². The Morgan fingerprint density at radius 1 is 0.772 bits per heavy atom. The Morgan fingerprint density at radius 2 is 1.42 bits per heavy atom. The van der Waals surface area contributed by atoms with Crippen LogP contribution in [0, 0.1) is 6.92 Å². The van der Waals surface area contributed by atoms with E-state index in [9.17, 15) is 24.3 Å². The lowest BCUT2D eigenvalue weighted by Crippen LogP contribution is -2.16. The Morgan fingerprint density at radius 3 is 2.07 bits per heavy atom. The van der Waals surface area contributed by atoms with Crippen LogP contribution in [0.3, 0.4) is 0 Å². The quantitative estimate of drug-likeness (QED) is 0.0452. The molecule has 0 spiro atoms. The summed E-state index contributed by atoms with van der Waals surface area (Å²) >= 11 is 0. The van der Waals surface area contributed by atoms with Crippen molar-refractivity contribution in [3.8, 4) is 22.5 Å². The molecule has 0 saturated heterocycles. The van der Waals surface area contributed by atoms with Crippen molar-refractivity contribution in [1.82, 2.24) is 9.97 Å². The Hall–Kier alpha value is -7.60. The van der Waals surface area contributed by atoms with Crippen molar-refractivity contribution >= 4 is 67.6 Å². The number of Topliss-reactive ketones (excluding diaryl/α,β-unsaturated/α-hetero) is 1. The zero-order valence-corrected chi connectivity index (χ0v) is 31.1. The van der Waals surface area contributed by atoms with Gasteiger partial charge in [0.1, 0.15) is 22.7 Å². The molecule has 0 saturated carbocycles. The first-order valence-corrected chi connectivity index (χ1v) is 18.0. The summed E-state index contributed by atoms with van der Waals surface area (Å²) in [6, 6.07) is 29.8. The number of carboxylic acid groups (broad SMARTS) is 1. The maximum absolute atomic E-state index is 13.8. The van der Waals surface area contributed by atoms with Gasteiger partial charge in [0, 0.05) is 58.5 Å². The standard InChI is InChI=1S/C45H35N5O7/c1-23-10-13-27(44(53)54)30(20-23)39-28-14-16-33(46)31(21-47-35-8-4-6-25-11-17-34(24(2)51)49-40(25)35)42(28)57-43-29(39)15-19-38(52)32(43)22-48-36-9-5-7-26-12-18-37(45(55)56-3)50-41(26)36/h4-20,47-48H,21-22,46H2,1-3H3,(H,53,54). The predicted octanol–water partition coefficient (Wildman–Crippen LogP) is 8.46. The molecular weight excluding hydrogens is 723 g/mol. The largest absolute Gasteiger partial charge is 0.478 e. The van der Waals surface area contributed by atoms with E-state index in [1.54, 1.807) is 54.6 Å². The van der Waals surface area contributed by atoms with E-state index in [0.29, 0.717) is 67.0 Å². The Labute approximate surface area is 325 Å². The van der Waals surface area contributed by atoms with E-state index in [0.717, 1.165) is 16.3 Å². The number of nitrogens with two attached hydrogens (primary N) is 1. The molecule has 2 aromatic heterocycles. The molecule has 0 radical (unpaired) electrons. The first-order chi connectivity index (χ1) is 27.5. The highest BCUT2D eigenvalue weighted by Gasteiger charge is 2.27. The predicted molar refractivity (Wildman–Crippen MR) is 220 cm³/mol.